The molecule has 1 aliphatic carbocycles. The highest BCUT2D eigenvalue weighted by Gasteiger charge is 2.53. The van der Waals surface area contributed by atoms with Crippen molar-refractivity contribution >= 4 is 5.91 Å². The van der Waals surface area contributed by atoms with E-state index in [0.717, 1.165) is 11.4 Å². The fourth-order valence-electron chi connectivity index (χ4n) is 4.92. The van der Waals surface area contributed by atoms with Crippen LogP contribution in [0.3, 0.4) is 0 Å². The summed E-state index contributed by atoms with van der Waals surface area (Å²) >= 11 is 0. The van der Waals surface area contributed by atoms with Crippen molar-refractivity contribution < 1.29 is 14.5 Å². The van der Waals surface area contributed by atoms with Crippen LogP contribution in [-0.2, 0) is 5.41 Å². The molecule has 1 amide bonds. The summed E-state index contributed by atoms with van der Waals surface area (Å²) in [4.78, 5) is 18.7. The van der Waals surface area contributed by atoms with E-state index in [-0.39, 0.29) is 23.1 Å². The number of benzene rings is 1. The van der Waals surface area contributed by atoms with Crippen LogP contribution in [-0.4, -0.2) is 55.0 Å². The molecule has 8 nitrogen and oxygen atoms in total. The molecular formula is C20H21N5O3. The van der Waals surface area contributed by atoms with Crippen LogP contribution in [0.25, 0.3) is 0 Å². The summed E-state index contributed by atoms with van der Waals surface area (Å²) < 4.78 is 6.61. The Balaban J connectivity index is 1.47. The predicted octanol–water partition coefficient (Wildman–Crippen LogP) is 1.71. The molecule has 2 atom stereocenters. The number of nitrogens with zero attached hydrogens (tertiary/aromatic N) is 5. The quantitative estimate of drug-likeness (QED) is 0.728. The number of piperidine rings is 1. The van der Waals surface area contributed by atoms with Crippen LogP contribution in [0.4, 0.5) is 0 Å². The molecule has 1 N–H and O–H groups in total. The van der Waals surface area contributed by atoms with Crippen molar-refractivity contribution in [2.24, 2.45) is 0 Å². The topological polar surface area (TPSA) is 97.3 Å². The molecule has 1 saturated heterocycles. The number of fused-ring (bicyclic) bond motifs is 2. The van der Waals surface area contributed by atoms with Crippen molar-refractivity contribution in [1.29, 1.82) is 0 Å². The van der Waals surface area contributed by atoms with Crippen molar-refractivity contribution in [2.45, 2.75) is 37.3 Å². The van der Waals surface area contributed by atoms with Crippen LogP contribution in [0, 0.1) is 6.92 Å². The summed E-state index contributed by atoms with van der Waals surface area (Å²) in [6.07, 6.45) is 5.82. The van der Waals surface area contributed by atoms with Crippen LogP contribution in [0.5, 0.6) is 0 Å². The number of aliphatic hydroxyl groups is 1. The smallest absolute Gasteiger partial charge is 0.277 e. The number of likely N-dealkylation sites (tertiary alicyclic amines) is 1. The second-order valence-electron chi connectivity index (χ2n) is 7.60. The van der Waals surface area contributed by atoms with Gasteiger partial charge in [-0.1, -0.05) is 29.4 Å². The van der Waals surface area contributed by atoms with Crippen molar-refractivity contribution in [3.05, 3.63) is 65.5 Å². The van der Waals surface area contributed by atoms with E-state index in [0.29, 0.717) is 25.9 Å². The van der Waals surface area contributed by atoms with Gasteiger partial charge in [-0.2, -0.15) is 0 Å². The highest BCUT2D eigenvalue weighted by atomic mass is 16.6. The fraction of sp³-hybridized carbons (Fsp3) is 0.400. The van der Waals surface area contributed by atoms with Gasteiger partial charge in [-0.25, -0.2) is 9.61 Å². The minimum Gasteiger partial charge on any atom is -0.390 e. The van der Waals surface area contributed by atoms with Gasteiger partial charge in [-0.15, -0.1) is 0 Å². The van der Waals surface area contributed by atoms with Gasteiger partial charge in [-0.05, 0) is 36.0 Å². The van der Waals surface area contributed by atoms with Gasteiger partial charge in [0.05, 0.1) is 12.1 Å². The van der Waals surface area contributed by atoms with Gasteiger partial charge < -0.3 is 14.6 Å². The lowest BCUT2D eigenvalue weighted by Gasteiger charge is -2.42. The normalized spacial score (nSPS) is 23.1. The summed E-state index contributed by atoms with van der Waals surface area (Å²) in [6, 6.07) is 8.08. The molecule has 0 radical (unpaired) electrons. The first-order chi connectivity index (χ1) is 13.6. The Morgan fingerprint density at radius 1 is 1.29 bits per heavy atom. The Morgan fingerprint density at radius 2 is 2.07 bits per heavy atom. The average Bonchev–Trinajstić information content (AvgIpc) is 3.44. The molecule has 1 fully saturated rings. The number of carbonyl (C=O) groups is 1. The van der Waals surface area contributed by atoms with Crippen LogP contribution in [0.15, 0.2) is 47.5 Å². The van der Waals surface area contributed by atoms with E-state index >= 15 is 0 Å². The lowest BCUT2D eigenvalue weighted by atomic mass is 9.72. The summed E-state index contributed by atoms with van der Waals surface area (Å²) in [5, 5.41) is 18.7. The molecule has 0 saturated carbocycles. The molecule has 3 aromatic rings. The first-order valence-electron chi connectivity index (χ1n) is 9.45. The summed E-state index contributed by atoms with van der Waals surface area (Å²) in [5.74, 6) is 0.695. The molecule has 2 aromatic heterocycles. The maximum absolute atomic E-state index is 12.6. The predicted molar refractivity (Wildman–Crippen MR) is 98.7 cm³/mol. The van der Waals surface area contributed by atoms with E-state index in [9.17, 15) is 9.90 Å². The molecule has 1 aliphatic heterocycles. The molecule has 28 heavy (non-hydrogen) atoms. The van der Waals surface area contributed by atoms with Crippen molar-refractivity contribution in [3.63, 3.8) is 0 Å². The Kier molecular flexibility index (Phi) is 3.83. The highest BCUT2D eigenvalue weighted by molar-refractivity contribution is 5.91. The average molecular weight is 379 g/mol. The highest BCUT2D eigenvalue weighted by Crippen LogP contribution is 2.52. The molecular weight excluding hydrogens is 358 g/mol. The SMILES string of the molecule is Cc1nccn1[C@@H]1c2ccccc2C2(CCN(C(=O)c3cnon3)CC2)[C@H]1O. The van der Waals surface area contributed by atoms with Gasteiger partial charge in [0.25, 0.3) is 5.91 Å². The number of aliphatic hydroxyl groups excluding tert-OH is 1. The van der Waals surface area contributed by atoms with Gasteiger partial charge in [0, 0.05) is 30.9 Å². The first-order valence-corrected chi connectivity index (χ1v) is 9.45. The first kappa shape index (κ1) is 17.1. The number of aromatic nitrogens is 4. The molecule has 144 valence electrons. The lowest BCUT2D eigenvalue weighted by Crippen LogP contribution is -2.50. The Bertz CT molecular complexity index is 1000. The van der Waals surface area contributed by atoms with E-state index in [4.69, 9.17) is 0 Å². The third kappa shape index (κ3) is 2.34. The van der Waals surface area contributed by atoms with Crippen LogP contribution in [0.1, 0.15) is 46.3 Å². The zero-order valence-corrected chi connectivity index (χ0v) is 15.5. The van der Waals surface area contributed by atoms with Gasteiger partial charge in [-0.3, -0.25) is 4.79 Å². The molecule has 2 aliphatic rings. The van der Waals surface area contributed by atoms with Crippen LogP contribution < -0.4 is 0 Å². The molecule has 3 heterocycles. The minimum absolute atomic E-state index is 0.166. The Hall–Kier alpha value is -3.00. The number of imidazole rings is 1. The van der Waals surface area contributed by atoms with Crippen molar-refractivity contribution in [1.82, 2.24) is 24.8 Å². The minimum atomic E-state index is -0.580. The molecule has 5 rings (SSSR count). The maximum Gasteiger partial charge on any atom is 0.277 e. The summed E-state index contributed by atoms with van der Waals surface area (Å²) in [5.41, 5.74) is 2.15. The number of amides is 1. The largest absolute Gasteiger partial charge is 0.390 e. The van der Waals surface area contributed by atoms with E-state index in [1.54, 1.807) is 11.1 Å². The van der Waals surface area contributed by atoms with Gasteiger partial charge in [0.2, 0.25) is 0 Å². The number of carbonyl (C=O) groups excluding carboxylic acids is 1. The molecule has 0 unspecified atom stereocenters. The number of aryl methyl sites for hydroxylation is 1. The lowest BCUT2D eigenvalue weighted by molar-refractivity contribution is 0.0202. The second-order valence-corrected chi connectivity index (χ2v) is 7.60. The standard InChI is InChI=1S/C20H21N5O3/c1-13-21-8-11-25(13)17-14-4-2-3-5-15(14)20(18(17)26)6-9-24(10-7-20)19(27)16-12-22-28-23-16/h2-5,8,11-12,17-18,26H,6-7,9-10H2,1H3/t17-,18+/m1/s1. The third-order valence-corrected chi connectivity index (χ3v) is 6.37. The number of rotatable bonds is 2. The van der Waals surface area contributed by atoms with E-state index in [1.165, 1.54) is 11.8 Å². The monoisotopic (exact) mass is 379 g/mol. The third-order valence-electron chi connectivity index (χ3n) is 6.37. The van der Waals surface area contributed by atoms with Gasteiger partial charge in [0.15, 0.2) is 5.69 Å². The van der Waals surface area contributed by atoms with Crippen LogP contribution >= 0.6 is 0 Å². The van der Waals surface area contributed by atoms with Crippen LogP contribution in [0.2, 0.25) is 0 Å². The van der Waals surface area contributed by atoms with E-state index in [1.807, 2.05) is 25.3 Å². The maximum atomic E-state index is 12.6. The molecule has 0 bridgehead atoms. The van der Waals surface area contributed by atoms with Gasteiger partial charge in [0.1, 0.15) is 12.0 Å². The van der Waals surface area contributed by atoms with Crippen molar-refractivity contribution in [2.75, 3.05) is 13.1 Å². The van der Waals surface area contributed by atoms with Crippen molar-refractivity contribution in [3.8, 4) is 0 Å². The van der Waals surface area contributed by atoms with E-state index in [2.05, 4.69) is 36.6 Å². The molecule has 1 aromatic carbocycles. The summed E-state index contributed by atoms with van der Waals surface area (Å²) in [6.45, 7) is 3.05. The summed E-state index contributed by atoms with van der Waals surface area (Å²) in [7, 11) is 0. The molecule has 1 spiro atoms. The number of hydrogen-bond acceptors (Lipinski definition) is 6. The zero-order chi connectivity index (χ0) is 19.3. The Labute approximate surface area is 161 Å². The van der Waals surface area contributed by atoms with E-state index < -0.39 is 6.10 Å². The molecule has 8 heteroatoms. The zero-order valence-electron chi connectivity index (χ0n) is 15.5. The number of hydrogen-bond donors (Lipinski definition) is 1. The fourth-order valence-corrected chi connectivity index (χ4v) is 4.92. The van der Waals surface area contributed by atoms with Gasteiger partial charge >= 0.3 is 0 Å². The second kappa shape index (κ2) is 6.27. The Morgan fingerprint density at radius 3 is 2.75 bits per heavy atom.